The average molecular weight is 305 g/mol. The quantitative estimate of drug-likeness (QED) is 0.696. The summed E-state index contributed by atoms with van der Waals surface area (Å²) in [4.78, 5) is 22.5. The maximum Gasteiger partial charge on any atom is 0.408 e. The lowest BCUT2D eigenvalue weighted by molar-refractivity contribution is -0.137. The van der Waals surface area contributed by atoms with Crippen LogP contribution in [-0.4, -0.2) is 37.8 Å². The third-order valence-electron chi connectivity index (χ3n) is 2.83. The van der Waals surface area contributed by atoms with Crippen molar-refractivity contribution < 1.29 is 19.4 Å². The molecule has 0 unspecified atom stereocenters. The SMILES string of the molecule is O=C(O)CC[C@@H](NC(=O)OCc1ccccc1)c1nn[nH]n1. The number of carboxylic acid groups (broad SMARTS) is 1. The van der Waals surface area contributed by atoms with E-state index in [0.717, 1.165) is 5.56 Å². The summed E-state index contributed by atoms with van der Waals surface area (Å²) in [5.74, 6) is -0.772. The minimum atomic E-state index is -0.979. The topological polar surface area (TPSA) is 130 Å². The summed E-state index contributed by atoms with van der Waals surface area (Å²) >= 11 is 0. The Labute approximate surface area is 125 Å². The number of hydrogen-bond donors (Lipinski definition) is 3. The largest absolute Gasteiger partial charge is 0.481 e. The summed E-state index contributed by atoms with van der Waals surface area (Å²) in [7, 11) is 0. The molecule has 9 heteroatoms. The summed E-state index contributed by atoms with van der Waals surface area (Å²) in [6.07, 6.45) is -0.683. The van der Waals surface area contributed by atoms with Gasteiger partial charge in [0.05, 0.1) is 6.04 Å². The molecule has 9 nitrogen and oxygen atoms in total. The van der Waals surface area contributed by atoms with Crippen molar-refractivity contribution in [2.45, 2.75) is 25.5 Å². The van der Waals surface area contributed by atoms with Crippen LogP contribution in [0.3, 0.4) is 0 Å². The van der Waals surface area contributed by atoms with E-state index in [1.807, 2.05) is 30.3 Å². The first-order valence-corrected chi connectivity index (χ1v) is 6.57. The summed E-state index contributed by atoms with van der Waals surface area (Å²) in [5.41, 5.74) is 0.847. The lowest BCUT2D eigenvalue weighted by Crippen LogP contribution is -2.30. The van der Waals surface area contributed by atoms with Gasteiger partial charge in [0.2, 0.25) is 0 Å². The van der Waals surface area contributed by atoms with Crippen LogP contribution < -0.4 is 5.32 Å². The number of H-pyrrole nitrogens is 1. The van der Waals surface area contributed by atoms with E-state index in [-0.39, 0.29) is 25.3 Å². The molecule has 0 spiro atoms. The van der Waals surface area contributed by atoms with Crippen LogP contribution in [0.5, 0.6) is 0 Å². The fraction of sp³-hybridized carbons (Fsp3) is 0.308. The van der Waals surface area contributed by atoms with Gasteiger partial charge in [0.1, 0.15) is 6.61 Å². The highest BCUT2D eigenvalue weighted by molar-refractivity contribution is 5.68. The smallest absolute Gasteiger partial charge is 0.408 e. The van der Waals surface area contributed by atoms with Gasteiger partial charge in [-0.15, -0.1) is 10.2 Å². The lowest BCUT2D eigenvalue weighted by atomic mass is 10.1. The molecule has 2 rings (SSSR count). The van der Waals surface area contributed by atoms with Gasteiger partial charge in [0, 0.05) is 6.42 Å². The van der Waals surface area contributed by atoms with Gasteiger partial charge < -0.3 is 15.2 Å². The van der Waals surface area contributed by atoms with Gasteiger partial charge in [0.15, 0.2) is 5.82 Å². The Kier molecular flexibility index (Phi) is 5.41. The highest BCUT2D eigenvalue weighted by Gasteiger charge is 2.20. The van der Waals surface area contributed by atoms with Gasteiger partial charge >= 0.3 is 12.1 Å². The maximum absolute atomic E-state index is 11.8. The van der Waals surface area contributed by atoms with E-state index < -0.39 is 18.1 Å². The second-order valence-corrected chi connectivity index (χ2v) is 4.46. The van der Waals surface area contributed by atoms with Crippen molar-refractivity contribution in [3.05, 3.63) is 41.7 Å². The van der Waals surface area contributed by atoms with Gasteiger partial charge in [0.25, 0.3) is 0 Å². The van der Waals surface area contributed by atoms with Gasteiger partial charge in [-0.1, -0.05) is 35.5 Å². The molecule has 1 heterocycles. The summed E-state index contributed by atoms with van der Waals surface area (Å²) < 4.78 is 5.08. The molecule has 0 radical (unpaired) electrons. The van der Waals surface area contributed by atoms with Crippen LogP contribution in [0.4, 0.5) is 4.79 Å². The Morgan fingerprint density at radius 2 is 2.09 bits per heavy atom. The normalized spacial score (nSPS) is 11.6. The molecular weight excluding hydrogens is 290 g/mol. The summed E-state index contributed by atoms with van der Waals surface area (Å²) in [5, 5.41) is 24.4. The average Bonchev–Trinajstić information content (AvgIpc) is 3.04. The van der Waals surface area contributed by atoms with Crippen LogP contribution >= 0.6 is 0 Å². The van der Waals surface area contributed by atoms with Crippen LogP contribution in [0.1, 0.15) is 30.3 Å². The van der Waals surface area contributed by atoms with Gasteiger partial charge in [-0.05, 0) is 12.0 Å². The number of tetrazole rings is 1. The van der Waals surface area contributed by atoms with E-state index in [9.17, 15) is 9.59 Å². The molecule has 116 valence electrons. The molecule has 0 bridgehead atoms. The third kappa shape index (κ3) is 4.85. The third-order valence-corrected chi connectivity index (χ3v) is 2.83. The van der Waals surface area contributed by atoms with Crippen molar-refractivity contribution in [2.24, 2.45) is 0 Å². The molecular formula is C13H15N5O4. The standard InChI is InChI=1S/C13H15N5O4/c19-11(20)7-6-10(12-15-17-18-16-12)14-13(21)22-8-9-4-2-1-3-5-9/h1-5,10H,6-8H2,(H,14,21)(H,19,20)(H,15,16,17,18)/t10-/m1/s1. The molecule has 1 aromatic carbocycles. The molecule has 22 heavy (non-hydrogen) atoms. The zero-order chi connectivity index (χ0) is 15.8. The number of aromatic amines is 1. The van der Waals surface area contributed by atoms with E-state index >= 15 is 0 Å². The number of ether oxygens (including phenoxy) is 1. The first-order chi connectivity index (χ1) is 10.6. The van der Waals surface area contributed by atoms with Crippen molar-refractivity contribution in [3.63, 3.8) is 0 Å². The molecule has 1 amide bonds. The Balaban J connectivity index is 1.89. The molecule has 3 N–H and O–H groups in total. The highest BCUT2D eigenvalue weighted by atomic mass is 16.5. The molecule has 0 aliphatic heterocycles. The molecule has 1 aromatic heterocycles. The number of aliphatic carboxylic acids is 1. The number of aromatic nitrogens is 4. The van der Waals surface area contributed by atoms with E-state index in [1.165, 1.54) is 0 Å². The van der Waals surface area contributed by atoms with E-state index in [2.05, 4.69) is 25.9 Å². The van der Waals surface area contributed by atoms with Crippen LogP contribution in [0.2, 0.25) is 0 Å². The zero-order valence-electron chi connectivity index (χ0n) is 11.6. The van der Waals surface area contributed by atoms with Crippen molar-refractivity contribution in [1.29, 1.82) is 0 Å². The predicted molar refractivity (Wildman–Crippen MR) is 73.6 cm³/mol. The molecule has 0 saturated carbocycles. The Morgan fingerprint density at radius 1 is 1.32 bits per heavy atom. The number of benzene rings is 1. The number of amides is 1. The Morgan fingerprint density at radius 3 is 2.73 bits per heavy atom. The zero-order valence-corrected chi connectivity index (χ0v) is 11.6. The fourth-order valence-electron chi connectivity index (χ4n) is 1.76. The molecule has 0 saturated heterocycles. The van der Waals surface area contributed by atoms with Gasteiger partial charge in [-0.2, -0.15) is 5.21 Å². The van der Waals surface area contributed by atoms with E-state index in [1.54, 1.807) is 0 Å². The lowest BCUT2D eigenvalue weighted by Gasteiger charge is -2.14. The number of nitrogens with one attached hydrogen (secondary N) is 2. The van der Waals surface area contributed by atoms with Crippen LogP contribution in [0.15, 0.2) is 30.3 Å². The highest BCUT2D eigenvalue weighted by Crippen LogP contribution is 2.14. The second-order valence-electron chi connectivity index (χ2n) is 4.46. The molecule has 0 fully saturated rings. The minimum Gasteiger partial charge on any atom is -0.481 e. The number of carbonyl (C=O) groups is 2. The predicted octanol–water partition coefficient (Wildman–Crippen LogP) is 1.03. The van der Waals surface area contributed by atoms with E-state index in [0.29, 0.717) is 0 Å². The van der Waals surface area contributed by atoms with Crippen LogP contribution in [0.25, 0.3) is 0 Å². The van der Waals surface area contributed by atoms with Crippen molar-refractivity contribution >= 4 is 12.1 Å². The number of carbonyl (C=O) groups excluding carboxylic acids is 1. The van der Waals surface area contributed by atoms with Crippen molar-refractivity contribution in [2.75, 3.05) is 0 Å². The molecule has 0 aliphatic rings. The molecule has 2 aromatic rings. The minimum absolute atomic E-state index is 0.116. The number of nitrogens with zero attached hydrogens (tertiary/aromatic N) is 3. The Bertz CT molecular complexity index is 602. The van der Waals surface area contributed by atoms with Crippen molar-refractivity contribution in [3.8, 4) is 0 Å². The number of rotatable bonds is 7. The number of carboxylic acids is 1. The van der Waals surface area contributed by atoms with Crippen LogP contribution in [-0.2, 0) is 16.1 Å². The summed E-state index contributed by atoms with van der Waals surface area (Å²) in [6.45, 7) is 0.116. The fourth-order valence-corrected chi connectivity index (χ4v) is 1.76. The monoisotopic (exact) mass is 305 g/mol. The van der Waals surface area contributed by atoms with Gasteiger partial charge in [-0.3, -0.25) is 4.79 Å². The van der Waals surface area contributed by atoms with E-state index in [4.69, 9.17) is 9.84 Å². The van der Waals surface area contributed by atoms with Gasteiger partial charge in [-0.25, -0.2) is 4.79 Å². The first-order valence-electron chi connectivity index (χ1n) is 6.57. The maximum atomic E-state index is 11.8. The molecule has 1 atom stereocenters. The van der Waals surface area contributed by atoms with Crippen LogP contribution in [0, 0.1) is 0 Å². The number of hydrogen-bond acceptors (Lipinski definition) is 6. The summed E-state index contributed by atoms with van der Waals surface area (Å²) in [6, 6.07) is 8.51. The first kappa shape index (κ1) is 15.4. The number of alkyl carbamates (subject to hydrolysis) is 1. The molecule has 0 aliphatic carbocycles. The Hall–Kier alpha value is -2.97. The van der Waals surface area contributed by atoms with Crippen molar-refractivity contribution in [1.82, 2.24) is 25.9 Å². The second kappa shape index (κ2) is 7.72.